The number of halogens is 2. The van der Waals surface area contributed by atoms with Gasteiger partial charge < -0.3 is 24.4 Å². The van der Waals surface area contributed by atoms with Gasteiger partial charge in [-0.05, 0) is 74.4 Å². The molecule has 3 aromatic carbocycles. The smallest absolute Gasteiger partial charge is 0.350 e. The van der Waals surface area contributed by atoms with Crippen LogP contribution in [0, 0.1) is 17.6 Å². The van der Waals surface area contributed by atoms with Crippen LogP contribution in [0.5, 0.6) is 5.75 Å². The second-order valence-electron chi connectivity index (χ2n) is 14.4. The maximum atomic E-state index is 15.1. The Bertz CT molecular complexity index is 2410. The standard InChI is InChI=1S/C41H40F2N8O6/c1-3-35(26(2)52)51-40(55)50(25-46-51)31-7-5-29(6-8-31)48-14-15-49(37-18-39(54)38(53)17-36(37)48)30-9-11-32(12-10-30)56-20-27-19-41(57-21-27,22-47-24-44-23-45-47)33-13-4-28(42)16-34(33)43/h4-13,16-18,23-27,35,52H,3,14-15,19-22H2,1-2H3. The first-order chi connectivity index (χ1) is 27.5. The number of carbonyl (C=O) groups excluding carboxylic acids is 2. The van der Waals surface area contributed by atoms with Gasteiger partial charge in [0.15, 0.2) is 0 Å². The van der Waals surface area contributed by atoms with Crippen molar-refractivity contribution in [3.05, 3.63) is 137 Å². The van der Waals surface area contributed by atoms with Crippen molar-refractivity contribution in [3.8, 4) is 11.4 Å². The van der Waals surface area contributed by atoms with Gasteiger partial charge in [0, 0.05) is 54.2 Å². The highest BCUT2D eigenvalue weighted by Crippen LogP contribution is 2.42. The van der Waals surface area contributed by atoms with Crippen LogP contribution in [-0.4, -0.2) is 78.2 Å². The molecule has 1 aliphatic carbocycles. The highest BCUT2D eigenvalue weighted by Gasteiger charge is 2.45. The van der Waals surface area contributed by atoms with Gasteiger partial charge in [-0.15, -0.1) is 0 Å². The Balaban J connectivity index is 0.953. The summed E-state index contributed by atoms with van der Waals surface area (Å²) in [7, 11) is 0. The molecule has 0 radical (unpaired) electrons. The Morgan fingerprint density at radius 1 is 0.895 bits per heavy atom. The summed E-state index contributed by atoms with van der Waals surface area (Å²) in [6.45, 7) is 5.25. The zero-order chi connectivity index (χ0) is 39.8. The van der Waals surface area contributed by atoms with Gasteiger partial charge >= 0.3 is 5.69 Å². The maximum absolute atomic E-state index is 15.1. The van der Waals surface area contributed by atoms with E-state index in [4.69, 9.17) is 9.47 Å². The Morgan fingerprint density at radius 3 is 2.14 bits per heavy atom. The summed E-state index contributed by atoms with van der Waals surface area (Å²) in [6, 6.07) is 17.7. The monoisotopic (exact) mass is 778 g/mol. The summed E-state index contributed by atoms with van der Waals surface area (Å²) in [5.41, 5.74) is 2.08. The van der Waals surface area contributed by atoms with E-state index in [1.807, 2.05) is 53.1 Å². The minimum Gasteiger partial charge on any atom is -0.493 e. The normalized spacial score (nSPS) is 20.6. The predicted octanol–water partition coefficient (Wildman–Crippen LogP) is 4.49. The molecule has 0 bridgehead atoms. The van der Waals surface area contributed by atoms with E-state index in [9.17, 15) is 23.9 Å². The average Bonchev–Trinajstić information content (AvgIpc) is 3.96. The quantitative estimate of drug-likeness (QED) is 0.141. The first kappa shape index (κ1) is 37.7. The number of aliphatic hydroxyl groups excluding tert-OH is 1. The van der Waals surface area contributed by atoms with Crippen LogP contribution in [0.25, 0.3) is 5.69 Å². The molecule has 3 aliphatic rings. The molecule has 14 nitrogen and oxygen atoms in total. The third-order valence-electron chi connectivity index (χ3n) is 10.7. The minimum atomic E-state index is -1.09. The molecule has 0 saturated carbocycles. The maximum Gasteiger partial charge on any atom is 0.350 e. The van der Waals surface area contributed by atoms with Gasteiger partial charge in [-0.25, -0.2) is 32.5 Å². The number of aromatic nitrogens is 6. The third kappa shape index (κ3) is 7.29. The summed E-state index contributed by atoms with van der Waals surface area (Å²) in [4.78, 5) is 46.5. The van der Waals surface area contributed by atoms with Gasteiger partial charge in [0.05, 0.1) is 49.0 Å². The average molecular weight is 779 g/mol. The molecule has 2 aliphatic heterocycles. The number of anilines is 2. The van der Waals surface area contributed by atoms with Crippen molar-refractivity contribution < 1.29 is 33.0 Å². The van der Waals surface area contributed by atoms with E-state index in [-0.39, 0.29) is 30.3 Å². The molecule has 4 unspecified atom stereocenters. The summed E-state index contributed by atoms with van der Waals surface area (Å²) in [5, 5.41) is 18.5. The second kappa shape index (κ2) is 15.3. The van der Waals surface area contributed by atoms with Gasteiger partial charge in [-0.2, -0.15) is 10.2 Å². The van der Waals surface area contributed by atoms with E-state index >= 15 is 4.39 Å². The number of hydrogen-bond acceptors (Lipinski definition) is 11. The molecular weight excluding hydrogens is 738 g/mol. The van der Waals surface area contributed by atoms with Gasteiger partial charge in [-0.3, -0.25) is 9.59 Å². The first-order valence-electron chi connectivity index (χ1n) is 18.7. The number of aliphatic hydroxyl groups is 1. The van der Waals surface area contributed by atoms with E-state index in [1.54, 1.807) is 23.7 Å². The van der Waals surface area contributed by atoms with Crippen molar-refractivity contribution in [2.45, 2.75) is 51.0 Å². The molecule has 57 heavy (non-hydrogen) atoms. The predicted molar refractivity (Wildman–Crippen MR) is 204 cm³/mol. The number of rotatable bonds is 12. The molecule has 4 atom stereocenters. The van der Waals surface area contributed by atoms with Crippen LogP contribution in [-0.2, 0) is 26.5 Å². The first-order valence-corrected chi connectivity index (χ1v) is 18.7. The van der Waals surface area contributed by atoms with Gasteiger partial charge in [0.25, 0.3) is 0 Å². The number of benzene rings is 3. The number of nitrogens with zero attached hydrogens (tertiary/aromatic N) is 8. The highest BCUT2D eigenvalue weighted by molar-refractivity contribution is 6.47. The fourth-order valence-electron chi connectivity index (χ4n) is 7.90. The number of ketones is 2. The fourth-order valence-corrected chi connectivity index (χ4v) is 7.90. The largest absolute Gasteiger partial charge is 0.493 e. The van der Waals surface area contributed by atoms with Crippen LogP contribution in [0.4, 0.5) is 20.2 Å². The zero-order valence-corrected chi connectivity index (χ0v) is 31.2. The van der Waals surface area contributed by atoms with Crippen molar-refractivity contribution in [1.29, 1.82) is 0 Å². The number of hydrogen-bond donors (Lipinski definition) is 1. The van der Waals surface area contributed by atoms with Gasteiger partial charge in [0.2, 0.25) is 11.6 Å². The molecule has 2 aromatic heterocycles. The molecule has 0 amide bonds. The highest BCUT2D eigenvalue weighted by atomic mass is 19.1. The summed E-state index contributed by atoms with van der Waals surface area (Å²) < 4.78 is 45.6. The molecule has 5 aromatic rings. The number of piperazine rings is 1. The lowest BCUT2D eigenvalue weighted by molar-refractivity contribution is -0.131. The lowest BCUT2D eigenvalue weighted by Gasteiger charge is -2.42. The number of ether oxygens (including phenoxy) is 2. The van der Waals surface area contributed by atoms with E-state index in [0.717, 1.165) is 17.4 Å². The lowest BCUT2D eigenvalue weighted by Crippen LogP contribution is -2.45. The van der Waals surface area contributed by atoms with E-state index in [0.29, 0.717) is 55.4 Å². The SMILES string of the molecule is CCC(C(C)O)n1ncn(-c2ccc(N3CCN(c4ccc(OCC5COC(Cn6cncn6)(c6ccc(F)cc6F)C5)cc4)C4=CC(=O)C(=O)C=C43)cc2)c1=O. The molecule has 294 valence electrons. The molecule has 2 fully saturated rings. The minimum absolute atomic E-state index is 0.106. The van der Waals surface area contributed by atoms with Crippen molar-refractivity contribution in [2.75, 3.05) is 36.1 Å². The molecule has 8 rings (SSSR count). The van der Waals surface area contributed by atoms with Crippen LogP contribution in [0.2, 0.25) is 0 Å². The molecule has 16 heteroatoms. The Labute approximate surface area is 325 Å². The van der Waals surface area contributed by atoms with E-state index in [1.165, 1.54) is 52.5 Å². The number of allylic oxidation sites excluding steroid dienone is 2. The van der Waals surface area contributed by atoms with Crippen LogP contribution >= 0.6 is 0 Å². The summed E-state index contributed by atoms with van der Waals surface area (Å²) in [6.07, 6.45) is 7.26. The van der Waals surface area contributed by atoms with Gasteiger partial charge in [-0.1, -0.05) is 13.0 Å². The van der Waals surface area contributed by atoms with Crippen LogP contribution < -0.4 is 20.2 Å². The zero-order valence-electron chi connectivity index (χ0n) is 31.2. The summed E-state index contributed by atoms with van der Waals surface area (Å²) >= 11 is 0. The molecule has 4 heterocycles. The molecule has 2 saturated heterocycles. The van der Waals surface area contributed by atoms with E-state index < -0.39 is 40.9 Å². The van der Waals surface area contributed by atoms with Crippen molar-refractivity contribution >= 4 is 22.9 Å². The Kier molecular flexibility index (Phi) is 10.1. The lowest BCUT2D eigenvalue weighted by atomic mass is 9.87. The Morgan fingerprint density at radius 2 is 1.54 bits per heavy atom. The number of carbonyl (C=O) groups is 2. The van der Waals surface area contributed by atoms with Crippen LogP contribution in [0.15, 0.2) is 114 Å². The second-order valence-corrected chi connectivity index (χ2v) is 14.4. The van der Waals surface area contributed by atoms with Gasteiger partial charge in [0.1, 0.15) is 42.0 Å². The third-order valence-corrected chi connectivity index (χ3v) is 10.7. The molecular formula is C41H40F2N8O6. The topological polar surface area (TPSA) is 150 Å². The molecule has 0 spiro atoms. The number of fused-ring (bicyclic) bond motifs is 1. The van der Waals surface area contributed by atoms with Crippen LogP contribution in [0.1, 0.15) is 38.3 Å². The van der Waals surface area contributed by atoms with Crippen molar-refractivity contribution in [3.63, 3.8) is 0 Å². The van der Waals surface area contributed by atoms with E-state index in [2.05, 4.69) is 15.2 Å². The Hall–Kier alpha value is -6.26. The summed E-state index contributed by atoms with van der Waals surface area (Å²) in [5.74, 6) is -2.11. The van der Waals surface area contributed by atoms with Crippen molar-refractivity contribution in [1.82, 2.24) is 29.1 Å². The van der Waals surface area contributed by atoms with Crippen molar-refractivity contribution in [2.24, 2.45) is 5.92 Å². The fraction of sp³-hybridized carbons (Fsp3) is 0.317. The van der Waals surface area contributed by atoms with Crippen LogP contribution in [0.3, 0.4) is 0 Å². The molecule has 1 N–H and O–H groups in total.